The molecule has 2 unspecified atom stereocenters. The average molecular weight is 266 g/mol. The number of ether oxygens (including phenoxy) is 1. The van der Waals surface area contributed by atoms with Crippen LogP contribution in [0.15, 0.2) is 12.1 Å². The third kappa shape index (κ3) is 3.42. The van der Waals surface area contributed by atoms with E-state index in [0.717, 1.165) is 17.7 Å². The van der Waals surface area contributed by atoms with Crippen LogP contribution in [0, 0.1) is 12.8 Å². The molecule has 1 aromatic rings. The summed E-state index contributed by atoms with van der Waals surface area (Å²) in [7, 11) is 0. The van der Waals surface area contributed by atoms with Crippen molar-refractivity contribution in [2.45, 2.75) is 52.1 Å². The lowest BCUT2D eigenvalue weighted by molar-refractivity contribution is -0.00556. The summed E-state index contributed by atoms with van der Waals surface area (Å²) in [4.78, 5) is 14.0. The summed E-state index contributed by atoms with van der Waals surface area (Å²) < 4.78 is 5.87. The van der Waals surface area contributed by atoms with Crippen LogP contribution in [0.4, 0.5) is 0 Å². The Hall–Kier alpha value is -0.670. The molecule has 1 aliphatic rings. The topological polar surface area (TPSA) is 26.3 Å². The van der Waals surface area contributed by atoms with Gasteiger partial charge >= 0.3 is 0 Å². The number of carbonyl (C=O) groups excluding carboxylic acids is 1. The van der Waals surface area contributed by atoms with Crippen molar-refractivity contribution >= 4 is 17.1 Å². The normalized spacial score (nSPS) is 24.1. The molecular weight excluding hydrogens is 244 g/mol. The van der Waals surface area contributed by atoms with Gasteiger partial charge in [0.1, 0.15) is 6.61 Å². The number of Topliss-reactive ketones (excluding diaryl/α,β-unsaturated/α-hetero) is 1. The first-order valence-corrected chi connectivity index (χ1v) is 7.73. The summed E-state index contributed by atoms with van der Waals surface area (Å²) in [5.74, 6) is 0.783. The van der Waals surface area contributed by atoms with Crippen LogP contribution < -0.4 is 0 Å². The third-order valence-electron chi connectivity index (χ3n) is 3.81. The van der Waals surface area contributed by atoms with Gasteiger partial charge in [-0.15, -0.1) is 11.3 Å². The monoisotopic (exact) mass is 266 g/mol. The van der Waals surface area contributed by atoms with Gasteiger partial charge in [-0.05, 0) is 37.8 Å². The number of aryl methyl sites for hydroxylation is 1. The molecule has 2 rings (SSSR count). The smallest absolute Gasteiger partial charge is 0.198 e. The second kappa shape index (κ2) is 6.48. The fourth-order valence-electron chi connectivity index (χ4n) is 2.70. The van der Waals surface area contributed by atoms with Crippen molar-refractivity contribution in [3.05, 3.63) is 21.9 Å². The molecule has 0 N–H and O–H groups in total. The van der Waals surface area contributed by atoms with Crippen LogP contribution in [0.3, 0.4) is 0 Å². The van der Waals surface area contributed by atoms with E-state index in [0.29, 0.717) is 12.0 Å². The summed E-state index contributed by atoms with van der Waals surface area (Å²) >= 11 is 1.56. The zero-order valence-electron chi connectivity index (χ0n) is 11.3. The minimum absolute atomic E-state index is 0.133. The lowest BCUT2D eigenvalue weighted by atomic mass is 9.85. The Balaban J connectivity index is 1.85. The predicted molar refractivity (Wildman–Crippen MR) is 75.4 cm³/mol. The van der Waals surface area contributed by atoms with Crippen molar-refractivity contribution in [1.29, 1.82) is 0 Å². The van der Waals surface area contributed by atoms with Crippen LogP contribution in [-0.4, -0.2) is 18.5 Å². The second-order valence-electron chi connectivity index (χ2n) is 5.14. The minimum Gasteiger partial charge on any atom is -0.370 e. The van der Waals surface area contributed by atoms with E-state index < -0.39 is 0 Å². The van der Waals surface area contributed by atoms with Gasteiger partial charge in [0.25, 0.3) is 0 Å². The Labute approximate surface area is 113 Å². The third-order valence-corrected chi connectivity index (χ3v) is 4.85. The van der Waals surface area contributed by atoms with Crippen molar-refractivity contribution in [2.24, 2.45) is 5.92 Å². The number of thiophene rings is 1. The van der Waals surface area contributed by atoms with Gasteiger partial charge in [0.05, 0.1) is 11.0 Å². The van der Waals surface area contributed by atoms with Crippen LogP contribution >= 0.6 is 11.3 Å². The standard InChI is InChI=1S/C15H22O2S/c1-3-12-6-4-5-7-14(12)17-10-13(16)15-9-8-11(2)18-15/h8-9,12,14H,3-7,10H2,1-2H3. The summed E-state index contributed by atoms with van der Waals surface area (Å²) in [5.41, 5.74) is 0. The zero-order chi connectivity index (χ0) is 13.0. The molecule has 18 heavy (non-hydrogen) atoms. The first-order valence-electron chi connectivity index (χ1n) is 6.92. The molecule has 100 valence electrons. The first kappa shape index (κ1) is 13.8. The highest BCUT2D eigenvalue weighted by molar-refractivity contribution is 7.14. The van der Waals surface area contributed by atoms with Gasteiger partial charge in [0, 0.05) is 4.88 Å². The molecule has 3 heteroatoms. The lowest BCUT2D eigenvalue weighted by Crippen LogP contribution is -2.29. The first-order chi connectivity index (χ1) is 8.70. The van der Waals surface area contributed by atoms with Crippen LogP contribution in [0.25, 0.3) is 0 Å². The molecular formula is C15H22O2S. The van der Waals surface area contributed by atoms with Gasteiger partial charge in [-0.1, -0.05) is 26.2 Å². The van der Waals surface area contributed by atoms with E-state index in [-0.39, 0.29) is 12.4 Å². The maximum absolute atomic E-state index is 12.0. The molecule has 0 aromatic carbocycles. The summed E-state index contributed by atoms with van der Waals surface area (Å²) in [5, 5.41) is 0. The van der Waals surface area contributed by atoms with Gasteiger partial charge in [-0.25, -0.2) is 0 Å². The summed E-state index contributed by atoms with van der Waals surface area (Å²) in [6.07, 6.45) is 6.40. The van der Waals surface area contributed by atoms with Crippen molar-refractivity contribution in [2.75, 3.05) is 6.61 Å². The molecule has 0 amide bonds. The van der Waals surface area contributed by atoms with Crippen LogP contribution in [0.2, 0.25) is 0 Å². The van der Waals surface area contributed by atoms with E-state index in [1.165, 1.54) is 24.1 Å². The average Bonchev–Trinajstić information content (AvgIpc) is 2.83. The molecule has 0 aliphatic heterocycles. The molecule has 0 spiro atoms. The molecule has 0 radical (unpaired) electrons. The van der Waals surface area contributed by atoms with E-state index >= 15 is 0 Å². The largest absolute Gasteiger partial charge is 0.370 e. The number of carbonyl (C=O) groups is 1. The van der Waals surface area contributed by atoms with Crippen molar-refractivity contribution in [3.63, 3.8) is 0 Å². The second-order valence-corrected chi connectivity index (χ2v) is 6.42. The van der Waals surface area contributed by atoms with E-state index in [4.69, 9.17) is 4.74 Å². The Kier molecular flexibility index (Phi) is 4.95. The Morgan fingerprint density at radius 3 is 2.83 bits per heavy atom. The molecule has 2 nitrogen and oxygen atoms in total. The van der Waals surface area contributed by atoms with E-state index in [9.17, 15) is 4.79 Å². The molecule has 2 atom stereocenters. The highest BCUT2D eigenvalue weighted by Crippen LogP contribution is 2.29. The quantitative estimate of drug-likeness (QED) is 0.746. The molecule has 1 aromatic heterocycles. The molecule has 1 heterocycles. The number of ketones is 1. The maximum Gasteiger partial charge on any atom is 0.198 e. The number of hydrogen-bond acceptors (Lipinski definition) is 3. The van der Waals surface area contributed by atoms with Gasteiger partial charge in [0.2, 0.25) is 0 Å². The van der Waals surface area contributed by atoms with Gasteiger partial charge in [0.15, 0.2) is 5.78 Å². The fraction of sp³-hybridized carbons (Fsp3) is 0.667. The van der Waals surface area contributed by atoms with Gasteiger partial charge in [-0.3, -0.25) is 4.79 Å². The molecule has 1 aliphatic carbocycles. The number of rotatable bonds is 5. The van der Waals surface area contributed by atoms with Crippen molar-refractivity contribution < 1.29 is 9.53 Å². The highest BCUT2D eigenvalue weighted by Gasteiger charge is 2.25. The summed E-state index contributed by atoms with van der Waals surface area (Å²) in [6.45, 7) is 4.49. The lowest BCUT2D eigenvalue weighted by Gasteiger charge is -2.30. The molecule has 1 saturated carbocycles. The van der Waals surface area contributed by atoms with Crippen LogP contribution in [0.5, 0.6) is 0 Å². The Morgan fingerprint density at radius 1 is 1.39 bits per heavy atom. The molecule has 0 bridgehead atoms. The van der Waals surface area contributed by atoms with Crippen molar-refractivity contribution in [3.8, 4) is 0 Å². The zero-order valence-corrected chi connectivity index (χ0v) is 12.1. The van der Waals surface area contributed by atoms with Crippen LogP contribution in [0.1, 0.15) is 53.6 Å². The Morgan fingerprint density at radius 2 is 2.17 bits per heavy atom. The van der Waals surface area contributed by atoms with E-state index in [2.05, 4.69) is 6.92 Å². The number of hydrogen-bond donors (Lipinski definition) is 0. The molecule has 1 fully saturated rings. The SMILES string of the molecule is CCC1CCCCC1OCC(=O)c1ccc(C)s1. The van der Waals surface area contributed by atoms with E-state index in [1.54, 1.807) is 11.3 Å². The maximum atomic E-state index is 12.0. The van der Waals surface area contributed by atoms with Crippen LogP contribution in [-0.2, 0) is 4.74 Å². The highest BCUT2D eigenvalue weighted by atomic mass is 32.1. The predicted octanol–water partition coefficient (Wildman–Crippen LogP) is 4.22. The fourth-order valence-corrected chi connectivity index (χ4v) is 3.49. The van der Waals surface area contributed by atoms with E-state index in [1.807, 2.05) is 19.1 Å². The molecule has 0 saturated heterocycles. The minimum atomic E-state index is 0.133. The summed E-state index contributed by atoms with van der Waals surface area (Å²) in [6, 6.07) is 3.90. The Bertz CT molecular complexity index is 397. The van der Waals surface area contributed by atoms with Crippen molar-refractivity contribution in [1.82, 2.24) is 0 Å². The van der Waals surface area contributed by atoms with Gasteiger partial charge < -0.3 is 4.74 Å². The van der Waals surface area contributed by atoms with Gasteiger partial charge in [-0.2, -0.15) is 0 Å².